The van der Waals surface area contributed by atoms with E-state index in [-0.39, 0.29) is 18.1 Å². The van der Waals surface area contributed by atoms with E-state index in [4.69, 9.17) is 4.52 Å². The maximum absolute atomic E-state index is 12.0. The van der Waals surface area contributed by atoms with Crippen LogP contribution in [0, 0.1) is 6.92 Å². The van der Waals surface area contributed by atoms with Crippen LogP contribution in [-0.2, 0) is 4.79 Å². The van der Waals surface area contributed by atoms with Crippen molar-refractivity contribution < 1.29 is 14.4 Å². The van der Waals surface area contributed by atoms with Crippen molar-refractivity contribution in [2.75, 3.05) is 18.4 Å². The van der Waals surface area contributed by atoms with Crippen LogP contribution in [0.2, 0.25) is 0 Å². The highest BCUT2D eigenvalue weighted by molar-refractivity contribution is 5.93. The topological polar surface area (TPSA) is 78.6 Å². The summed E-state index contributed by atoms with van der Waals surface area (Å²) in [6, 6.07) is 1.46. The SMILES string of the molecule is Cc1cc(NC(=O)C(C)N2CCC(O)CC2)no1. The maximum Gasteiger partial charge on any atom is 0.242 e. The number of aromatic nitrogens is 1. The molecule has 1 fully saturated rings. The zero-order valence-corrected chi connectivity index (χ0v) is 10.7. The summed E-state index contributed by atoms with van der Waals surface area (Å²) in [5.74, 6) is 1.01. The molecule has 2 rings (SSSR count). The molecule has 0 radical (unpaired) electrons. The number of nitrogens with one attached hydrogen (secondary N) is 1. The molecule has 0 aromatic carbocycles. The molecule has 0 saturated carbocycles. The average molecular weight is 253 g/mol. The fraction of sp³-hybridized carbons (Fsp3) is 0.667. The fourth-order valence-corrected chi connectivity index (χ4v) is 2.09. The Morgan fingerprint density at radius 2 is 2.28 bits per heavy atom. The summed E-state index contributed by atoms with van der Waals surface area (Å²) in [5.41, 5.74) is 0. The Bertz CT molecular complexity index is 410. The highest BCUT2D eigenvalue weighted by atomic mass is 16.5. The number of hydrogen-bond acceptors (Lipinski definition) is 5. The normalized spacial score (nSPS) is 19.7. The third kappa shape index (κ3) is 3.08. The first-order valence-corrected chi connectivity index (χ1v) is 6.22. The Morgan fingerprint density at radius 1 is 1.61 bits per heavy atom. The molecule has 1 atom stereocenters. The molecule has 100 valence electrons. The zero-order chi connectivity index (χ0) is 13.1. The lowest BCUT2D eigenvalue weighted by atomic mass is 10.1. The number of aliphatic hydroxyl groups excluding tert-OH is 1. The van der Waals surface area contributed by atoms with Gasteiger partial charge in [0, 0.05) is 19.2 Å². The molecule has 1 aliphatic heterocycles. The minimum absolute atomic E-state index is 0.0975. The fourth-order valence-electron chi connectivity index (χ4n) is 2.09. The molecule has 0 bridgehead atoms. The quantitative estimate of drug-likeness (QED) is 0.831. The van der Waals surface area contributed by atoms with Crippen LogP contribution in [0.4, 0.5) is 5.82 Å². The second-order valence-electron chi connectivity index (χ2n) is 4.76. The van der Waals surface area contributed by atoms with Gasteiger partial charge in [-0.1, -0.05) is 5.16 Å². The molecule has 2 N–H and O–H groups in total. The monoisotopic (exact) mass is 253 g/mol. The van der Waals surface area contributed by atoms with Gasteiger partial charge < -0.3 is 14.9 Å². The van der Waals surface area contributed by atoms with Crippen molar-refractivity contribution in [2.45, 2.75) is 38.8 Å². The molecule has 1 aliphatic rings. The van der Waals surface area contributed by atoms with Crippen LogP contribution in [-0.4, -0.2) is 46.3 Å². The second kappa shape index (κ2) is 5.49. The largest absolute Gasteiger partial charge is 0.393 e. The number of carbonyl (C=O) groups is 1. The van der Waals surface area contributed by atoms with E-state index in [1.165, 1.54) is 0 Å². The summed E-state index contributed by atoms with van der Waals surface area (Å²) in [7, 11) is 0. The van der Waals surface area contributed by atoms with Crippen LogP contribution >= 0.6 is 0 Å². The summed E-state index contributed by atoms with van der Waals surface area (Å²) >= 11 is 0. The van der Waals surface area contributed by atoms with Gasteiger partial charge in [0.05, 0.1) is 12.1 Å². The number of nitrogens with zero attached hydrogens (tertiary/aromatic N) is 2. The van der Waals surface area contributed by atoms with E-state index in [0.29, 0.717) is 11.6 Å². The standard InChI is InChI=1S/C12H19N3O3/c1-8-7-11(14-18-8)13-12(17)9(2)15-5-3-10(16)4-6-15/h7,9-10,16H,3-6H2,1-2H3,(H,13,14,17). The lowest BCUT2D eigenvalue weighted by Gasteiger charge is -2.33. The number of hydrogen-bond donors (Lipinski definition) is 2. The molecule has 6 heteroatoms. The number of rotatable bonds is 3. The van der Waals surface area contributed by atoms with Gasteiger partial charge in [0.15, 0.2) is 5.82 Å². The Hall–Kier alpha value is -1.40. The van der Waals surface area contributed by atoms with E-state index < -0.39 is 0 Å². The van der Waals surface area contributed by atoms with Gasteiger partial charge in [-0.15, -0.1) is 0 Å². The number of aliphatic hydroxyl groups is 1. The van der Waals surface area contributed by atoms with Crippen molar-refractivity contribution >= 4 is 11.7 Å². The molecule has 6 nitrogen and oxygen atoms in total. The minimum Gasteiger partial charge on any atom is -0.393 e. The summed E-state index contributed by atoms with van der Waals surface area (Å²) in [4.78, 5) is 14.1. The Morgan fingerprint density at radius 3 is 2.83 bits per heavy atom. The van der Waals surface area contributed by atoms with E-state index in [2.05, 4.69) is 15.4 Å². The van der Waals surface area contributed by atoms with Gasteiger partial charge in [0.2, 0.25) is 5.91 Å². The highest BCUT2D eigenvalue weighted by Crippen LogP contribution is 2.14. The Balaban J connectivity index is 1.88. The third-order valence-corrected chi connectivity index (χ3v) is 3.31. The first kappa shape index (κ1) is 13.0. The first-order chi connectivity index (χ1) is 8.56. The third-order valence-electron chi connectivity index (χ3n) is 3.31. The molecule has 2 heterocycles. The molecule has 1 unspecified atom stereocenters. The first-order valence-electron chi connectivity index (χ1n) is 6.22. The number of amides is 1. The molecule has 1 saturated heterocycles. The van der Waals surface area contributed by atoms with Crippen molar-refractivity contribution in [3.63, 3.8) is 0 Å². The van der Waals surface area contributed by atoms with Crippen molar-refractivity contribution in [3.05, 3.63) is 11.8 Å². The van der Waals surface area contributed by atoms with Crippen molar-refractivity contribution in [1.29, 1.82) is 0 Å². The predicted molar refractivity (Wildman–Crippen MR) is 66.1 cm³/mol. The minimum atomic E-state index is -0.227. The predicted octanol–water partition coefficient (Wildman–Crippen LogP) is 0.767. The van der Waals surface area contributed by atoms with Crippen LogP contribution in [0.5, 0.6) is 0 Å². The molecule has 18 heavy (non-hydrogen) atoms. The zero-order valence-electron chi connectivity index (χ0n) is 10.7. The van der Waals surface area contributed by atoms with Gasteiger partial charge in [-0.25, -0.2) is 0 Å². The molecular formula is C12H19N3O3. The highest BCUT2D eigenvalue weighted by Gasteiger charge is 2.26. The van der Waals surface area contributed by atoms with E-state index >= 15 is 0 Å². The Kier molecular flexibility index (Phi) is 3.98. The summed E-state index contributed by atoms with van der Waals surface area (Å²) in [6.07, 6.45) is 1.22. The number of likely N-dealkylation sites (tertiary alicyclic amines) is 1. The second-order valence-corrected chi connectivity index (χ2v) is 4.76. The molecule has 1 aromatic rings. The number of aryl methyl sites for hydroxylation is 1. The number of carbonyl (C=O) groups excluding carboxylic acids is 1. The molecule has 1 aromatic heterocycles. The van der Waals surface area contributed by atoms with Gasteiger partial charge in [0.25, 0.3) is 0 Å². The smallest absolute Gasteiger partial charge is 0.242 e. The summed E-state index contributed by atoms with van der Waals surface area (Å²) in [5, 5.41) is 15.9. The maximum atomic E-state index is 12.0. The van der Waals surface area contributed by atoms with Crippen LogP contribution in [0.25, 0.3) is 0 Å². The van der Waals surface area contributed by atoms with Gasteiger partial charge >= 0.3 is 0 Å². The van der Waals surface area contributed by atoms with Gasteiger partial charge in [0.1, 0.15) is 5.76 Å². The van der Waals surface area contributed by atoms with Crippen LogP contribution < -0.4 is 5.32 Å². The summed E-state index contributed by atoms with van der Waals surface area (Å²) < 4.78 is 4.89. The van der Waals surface area contributed by atoms with E-state index in [1.54, 1.807) is 13.0 Å². The Labute approximate surface area is 106 Å². The summed E-state index contributed by atoms with van der Waals surface area (Å²) in [6.45, 7) is 5.12. The molecule has 0 aliphatic carbocycles. The van der Waals surface area contributed by atoms with Gasteiger partial charge in [-0.2, -0.15) is 0 Å². The van der Waals surface area contributed by atoms with E-state index in [1.807, 2.05) is 6.92 Å². The number of piperidine rings is 1. The van der Waals surface area contributed by atoms with Crippen LogP contribution in [0.1, 0.15) is 25.5 Å². The van der Waals surface area contributed by atoms with Crippen LogP contribution in [0.3, 0.4) is 0 Å². The molecular weight excluding hydrogens is 234 g/mol. The molecule has 1 amide bonds. The van der Waals surface area contributed by atoms with Gasteiger partial charge in [-0.3, -0.25) is 9.69 Å². The van der Waals surface area contributed by atoms with Crippen molar-refractivity contribution in [1.82, 2.24) is 10.1 Å². The number of anilines is 1. The average Bonchev–Trinajstić information content (AvgIpc) is 2.75. The van der Waals surface area contributed by atoms with Crippen LogP contribution in [0.15, 0.2) is 10.6 Å². The lowest BCUT2D eigenvalue weighted by Crippen LogP contribution is -2.47. The molecule has 0 spiro atoms. The van der Waals surface area contributed by atoms with Crippen molar-refractivity contribution in [2.24, 2.45) is 0 Å². The lowest BCUT2D eigenvalue weighted by molar-refractivity contribution is -0.121. The van der Waals surface area contributed by atoms with Gasteiger partial charge in [-0.05, 0) is 26.7 Å². The van der Waals surface area contributed by atoms with E-state index in [9.17, 15) is 9.90 Å². The van der Waals surface area contributed by atoms with E-state index in [0.717, 1.165) is 25.9 Å². The van der Waals surface area contributed by atoms with Crippen molar-refractivity contribution in [3.8, 4) is 0 Å².